The quantitative estimate of drug-likeness (QED) is 0.817. The average molecular weight is 323 g/mol. The van der Waals surface area contributed by atoms with E-state index in [9.17, 15) is 19.1 Å². The second-order valence-corrected chi connectivity index (χ2v) is 5.98. The molecule has 1 aromatic carbocycles. The Morgan fingerprint density at radius 2 is 1.83 bits per heavy atom. The van der Waals surface area contributed by atoms with Crippen LogP contribution < -0.4 is 10.1 Å². The first-order valence-electron chi connectivity index (χ1n) is 7.91. The van der Waals surface area contributed by atoms with E-state index < -0.39 is 29.3 Å². The average Bonchev–Trinajstić information content (AvgIpc) is 2.76. The Hall–Kier alpha value is -2.11. The number of benzene rings is 1. The second kappa shape index (κ2) is 7.44. The predicted octanol–water partition coefficient (Wildman–Crippen LogP) is 2.89. The topological polar surface area (TPSA) is 75.6 Å². The number of nitrogens with one attached hydrogen (secondary N) is 1. The van der Waals surface area contributed by atoms with Crippen LogP contribution in [0.1, 0.15) is 45.4 Å². The van der Waals surface area contributed by atoms with E-state index in [1.807, 2.05) is 0 Å². The van der Waals surface area contributed by atoms with E-state index >= 15 is 0 Å². The maximum atomic E-state index is 13.6. The smallest absolute Gasteiger partial charge is 0.329 e. The van der Waals surface area contributed by atoms with Crippen molar-refractivity contribution in [1.29, 1.82) is 0 Å². The van der Waals surface area contributed by atoms with Gasteiger partial charge in [0.1, 0.15) is 5.54 Å². The van der Waals surface area contributed by atoms with Gasteiger partial charge < -0.3 is 15.2 Å². The third kappa shape index (κ3) is 4.21. The number of halogens is 1. The summed E-state index contributed by atoms with van der Waals surface area (Å²) in [6.45, 7) is 1.48. The number of carboxylic acids is 1. The molecule has 2 rings (SSSR count). The molecule has 0 radical (unpaired) electrons. The van der Waals surface area contributed by atoms with Gasteiger partial charge in [0.25, 0.3) is 5.91 Å². The first-order chi connectivity index (χ1) is 10.9. The van der Waals surface area contributed by atoms with Gasteiger partial charge in [0.15, 0.2) is 17.7 Å². The van der Waals surface area contributed by atoms with E-state index in [2.05, 4.69) is 5.32 Å². The molecular formula is C17H22FNO4. The van der Waals surface area contributed by atoms with Gasteiger partial charge in [-0.05, 0) is 31.9 Å². The summed E-state index contributed by atoms with van der Waals surface area (Å²) in [4.78, 5) is 24.0. The molecule has 5 nitrogen and oxygen atoms in total. The van der Waals surface area contributed by atoms with Crippen molar-refractivity contribution < 1.29 is 23.8 Å². The number of carbonyl (C=O) groups excluding carboxylic acids is 1. The molecule has 1 atom stereocenters. The first-order valence-corrected chi connectivity index (χ1v) is 7.91. The van der Waals surface area contributed by atoms with Crippen molar-refractivity contribution in [1.82, 2.24) is 5.32 Å². The van der Waals surface area contributed by atoms with Crippen molar-refractivity contribution in [2.24, 2.45) is 0 Å². The molecule has 1 amide bonds. The number of para-hydroxylation sites is 1. The Bertz CT molecular complexity index is 567. The molecule has 0 bridgehead atoms. The summed E-state index contributed by atoms with van der Waals surface area (Å²) in [7, 11) is 0. The molecule has 0 heterocycles. The van der Waals surface area contributed by atoms with Crippen LogP contribution in [0.5, 0.6) is 5.75 Å². The molecule has 6 heteroatoms. The number of ether oxygens (including phenoxy) is 1. The first kappa shape index (κ1) is 17.2. The lowest BCUT2D eigenvalue weighted by atomic mass is 9.90. The summed E-state index contributed by atoms with van der Waals surface area (Å²) >= 11 is 0. The van der Waals surface area contributed by atoms with Gasteiger partial charge in [-0.25, -0.2) is 9.18 Å². The standard InChI is InChI=1S/C17H22FNO4/c1-12(23-14-9-5-4-8-13(14)18)15(20)19-17(16(21)22)10-6-2-3-7-11-17/h4-5,8-9,12H,2-3,6-7,10-11H2,1H3,(H,19,20)(H,21,22). The van der Waals surface area contributed by atoms with Crippen LogP contribution in [0, 0.1) is 5.82 Å². The number of rotatable bonds is 5. The maximum Gasteiger partial charge on any atom is 0.329 e. The molecule has 1 aliphatic rings. The van der Waals surface area contributed by atoms with E-state index in [-0.39, 0.29) is 5.75 Å². The van der Waals surface area contributed by atoms with Gasteiger partial charge in [0.05, 0.1) is 0 Å². The highest BCUT2D eigenvalue weighted by Gasteiger charge is 2.41. The predicted molar refractivity (Wildman–Crippen MR) is 82.7 cm³/mol. The number of amides is 1. The fourth-order valence-electron chi connectivity index (χ4n) is 2.85. The lowest BCUT2D eigenvalue weighted by Gasteiger charge is -2.30. The van der Waals surface area contributed by atoms with Crippen molar-refractivity contribution in [3.05, 3.63) is 30.1 Å². The van der Waals surface area contributed by atoms with Gasteiger partial charge in [-0.2, -0.15) is 0 Å². The highest BCUT2D eigenvalue weighted by Crippen LogP contribution is 2.28. The summed E-state index contributed by atoms with van der Waals surface area (Å²) < 4.78 is 18.9. The Balaban J connectivity index is 2.06. The zero-order chi connectivity index (χ0) is 16.9. The molecule has 0 saturated heterocycles. The SMILES string of the molecule is CC(Oc1ccccc1F)C(=O)NC1(C(=O)O)CCCCCC1. The second-order valence-electron chi connectivity index (χ2n) is 5.98. The van der Waals surface area contributed by atoms with Crippen LogP contribution in [-0.2, 0) is 9.59 Å². The number of aliphatic carboxylic acids is 1. The van der Waals surface area contributed by atoms with Crippen molar-refractivity contribution in [3.8, 4) is 5.75 Å². The zero-order valence-corrected chi connectivity index (χ0v) is 13.2. The highest BCUT2D eigenvalue weighted by molar-refractivity contribution is 5.89. The van der Waals surface area contributed by atoms with Crippen LogP contribution in [-0.4, -0.2) is 28.6 Å². The van der Waals surface area contributed by atoms with E-state index in [1.165, 1.54) is 25.1 Å². The lowest BCUT2D eigenvalue weighted by Crippen LogP contribution is -2.57. The lowest BCUT2D eigenvalue weighted by molar-refractivity contribution is -0.149. The third-order valence-corrected chi connectivity index (χ3v) is 4.24. The summed E-state index contributed by atoms with van der Waals surface area (Å²) in [6, 6.07) is 5.80. The largest absolute Gasteiger partial charge is 0.480 e. The van der Waals surface area contributed by atoms with Crippen LogP contribution in [0.15, 0.2) is 24.3 Å². The Labute approximate surface area is 134 Å². The maximum absolute atomic E-state index is 13.6. The minimum absolute atomic E-state index is 0.0274. The molecule has 23 heavy (non-hydrogen) atoms. The number of hydrogen-bond acceptors (Lipinski definition) is 3. The number of hydrogen-bond donors (Lipinski definition) is 2. The van der Waals surface area contributed by atoms with Gasteiger partial charge in [0, 0.05) is 0 Å². The molecule has 1 fully saturated rings. The van der Waals surface area contributed by atoms with E-state index in [0.29, 0.717) is 12.8 Å². The van der Waals surface area contributed by atoms with Gasteiger partial charge in [-0.3, -0.25) is 4.79 Å². The molecule has 126 valence electrons. The fraction of sp³-hybridized carbons (Fsp3) is 0.529. The van der Waals surface area contributed by atoms with Crippen LogP contribution in [0.3, 0.4) is 0 Å². The zero-order valence-electron chi connectivity index (χ0n) is 13.2. The molecule has 0 aromatic heterocycles. The van der Waals surface area contributed by atoms with Gasteiger partial charge in [-0.1, -0.05) is 37.8 Å². The highest BCUT2D eigenvalue weighted by atomic mass is 19.1. The van der Waals surface area contributed by atoms with Crippen molar-refractivity contribution in [2.75, 3.05) is 0 Å². The molecule has 1 saturated carbocycles. The number of carboxylic acid groups (broad SMARTS) is 1. The summed E-state index contributed by atoms with van der Waals surface area (Å²) in [5.74, 6) is -2.15. The molecule has 2 N–H and O–H groups in total. The molecule has 0 spiro atoms. The van der Waals surface area contributed by atoms with Crippen LogP contribution in [0.2, 0.25) is 0 Å². The Morgan fingerprint density at radius 1 is 1.22 bits per heavy atom. The Morgan fingerprint density at radius 3 is 2.39 bits per heavy atom. The van der Waals surface area contributed by atoms with E-state index in [1.54, 1.807) is 6.07 Å². The third-order valence-electron chi connectivity index (χ3n) is 4.24. The molecular weight excluding hydrogens is 301 g/mol. The summed E-state index contributed by atoms with van der Waals surface area (Å²) in [6.07, 6.45) is 3.27. The minimum Gasteiger partial charge on any atom is -0.480 e. The molecule has 1 aliphatic carbocycles. The van der Waals surface area contributed by atoms with Gasteiger partial charge in [-0.15, -0.1) is 0 Å². The van der Waals surface area contributed by atoms with Crippen LogP contribution >= 0.6 is 0 Å². The van der Waals surface area contributed by atoms with Gasteiger partial charge >= 0.3 is 5.97 Å². The molecule has 1 unspecified atom stereocenters. The minimum atomic E-state index is -1.25. The number of carbonyl (C=O) groups is 2. The van der Waals surface area contributed by atoms with Crippen molar-refractivity contribution >= 4 is 11.9 Å². The van der Waals surface area contributed by atoms with Crippen molar-refractivity contribution in [2.45, 2.75) is 57.1 Å². The van der Waals surface area contributed by atoms with Crippen LogP contribution in [0.25, 0.3) is 0 Å². The normalized spacial score (nSPS) is 18.5. The van der Waals surface area contributed by atoms with Gasteiger partial charge in [0.2, 0.25) is 0 Å². The summed E-state index contributed by atoms with van der Waals surface area (Å²) in [5.41, 5.74) is -1.25. The monoisotopic (exact) mass is 323 g/mol. The van der Waals surface area contributed by atoms with Crippen LogP contribution in [0.4, 0.5) is 4.39 Å². The fourth-order valence-corrected chi connectivity index (χ4v) is 2.85. The van der Waals surface area contributed by atoms with E-state index in [4.69, 9.17) is 4.74 Å². The van der Waals surface area contributed by atoms with E-state index in [0.717, 1.165) is 25.7 Å². The molecule has 0 aliphatic heterocycles. The van der Waals surface area contributed by atoms with Crippen molar-refractivity contribution in [3.63, 3.8) is 0 Å². The molecule has 1 aromatic rings. The summed E-state index contributed by atoms with van der Waals surface area (Å²) in [5, 5.41) is 12.2. The Kier molecular flexibility index (Phi) is 5.58.